The molecule has 3 aromatic rings. The number of nitrogens with one attached hydrogen (secondary N) is 1. The zero-order valence-corrected chi connectivity index (χ0v) is 15.9. The normalized spacial score (nSPS) is 12.8. The Hall–Kier alpha value is -3.11. The lowest BCUT2D eigenvalue weighted by molar-refractivity contribution is 0.187. The summed E-state index contributed by atoms with van der Waals surface area (Å²) in [7, 11) is 0. The minimum Gasteiger partial charge on any atom is -0.465 e. The standard InChI is InChI=1S/C20H15BrN3O3/c1-12-17(18(27-24-12)14-5-9-16(21)10-6-14)20(2,23-19(25)26)15-7-3-13(11-22)4-8-15/h3-10,23H,2H2,1H3,(H,25,26). The van der Waals surface area contributed by atoms with Crippen molar-refractivity contribution in [3.05, 3.63) is 82.3 Å². The molecule has 1 radical (unpaired) electrons. The van der Waals surface area contributed by atoms with E-state index in [1.165, 1.54) is 0 Å². The first-order chi connectivity index (χ1) is 12.8. The van der Waals surface area contributed by atoms with Crippen LogP contribution in [-0.2, 0) is 5.54 Å². The fourth-order valence-corrected chi connectivity index (χ4v) is 3.23. The highest BCUT2D eigenvalue weighted by Crippen LogP contribution is 2.38. The quantitative estimate of drug-likeness (QED) is 0.635. The van der Waals surface area contributed by atoms with Gasteiger partial charge in [0.25, 0.3) is 0 Å². The number of aryl methyl sites for hydroxylation is 1. The summed E-state index contributed by atoms with van der Waals surface area (Å²) in [5.74, 6) is 0.424. The molecule has 0 bridgehead atoms. The average molecular weight is 425 g/mol. The van der Waals surface area contributed by atoms with E-state index in [4.69, 9.17) is 9.78 Å². The Kier molecular flexibility index (Phi) is 5.02. The fraction of sp³-hybridized carbons (Fsp3) is 0.100. The van der Waals surface area contributed by atoms with Crippen LogP contribution in [0, 0.1) is 25.2 Å². The summed E-state index contributed by atoms with van der Waals surface area (Å²) in [6, 6.07) is 16.0. The second-order valence-corrected chi connectivity index (χ2v) is 6.92. The van der Waals surface area contributed by atoms with E-state index in [0.717, 1.165) is 10.0 Å². The van der Waals surface area contributed by atoms with Gasteiger partial charge in [-0.3, -0.25) is 0 Å². The second kappa shape index (κ2) is 7.25. The zero-order valence-electron chi connectivity index (χ0n) is 14.4. The molecule has 1 atom stereocenters. The maximum Gasteiger partial charge on any atom is 0.405 e. The topological polar surface area (TPSA) is 99.2 Å². The van der Waals surface area contributed by atoms with Gasteiger partial charge in [-0.25, -0.2) is 4.79 Å². The summed E-state index contributed by atoms with van der Waals surface area (Å²) in [5, 5.41) is 25.0. The van der Waals surface area contributed by atoms with Crippen LogP contribution in [0.5, 0.6) is 0 Å². The van der Waals surface area contributed by atoms with E-state index in [1.807, 2.05) is 30.3 Å². The predicted octanol–water partition coefficient (Wildman–Crippen LogP) is 4.63. The number of amides is 1. The molecule has 1 heterocycles. The van der Waals surface area contributed by atoms with Crippen LogP contribution in [0.3, 0.4) is 0 Å². The van der Waals surface area contributed by atoms with Crippen LogP contribution >= 0.6 is 15.9 Å². The van der Waals surface area contributed by atoms with Crippen LogP contribution < -0.4 is 5.32 Å². The number of carboxylic acid groups (broad SMARTS) is 1. The molecule has 3 rings (SSSR count). The van der Waals surface area contributed by atoms with Crippen molar-refractivity contribution in [2.75, 3.05) is 0 Å². The minimum atomic E-state index is -1.37. The van der Waals surface area contributed by atoms with Crippen LogP contribution in [0.15, 0.2) is 57.5 Å². The highest BCUT2D eigenvalue weighted by atomic mass is 79.9. The number of nitrogens with zero attached hydrogens (tertiary/aromatic N) is 2. The molecule has 135 valence electrons. The molecule has 0 aliphatic rings. The number of carbonyl (C=O) groups is 1. The van der Waals surface area contributed by atoms with E-state index in [-0.39, 0.29) is 0 Å². The van der Waals surface area contributed by atoms with E-state index in [0.29, 0.717) is 28.1 Å². The zero-order chi connectivity index (χ0) is 19.6. The third-order valence-corrected chi connectivity index (χ3v) is 4.75. The molecule has 7 heteroatoms. The average Bonchev–Trinajstić information content (AvgIpc) is 3.04. The predicted molar refractivity (Wildman–Crippen MR) is 103 cm³/mol. The first-order valence-corrected chi connectivity index (χ1v) is 8.74. The largest absolute Gasteiger partial charge is 0.465 e. The third kappa shape index (κ3) is 3.57. The number of halogens is 1. The van der Waals surface area contributed by atoms with E-state index in [2.05, 4.69) is 33.3 Å². The Labute approximate surface area is 164 Å². The van der Waals surface area contributed by atoms with Gasteiger partial charge in [-0.1, -0.05) is 45.4 Å². The lowest BCUT2D eigenvalue weighted by atomic mass is 9.82. The Balaban J connectivity index is 2.21. The minimum absolute atomic E-state index is 0.424. The molecule has 2 aromatic carbocycles. The van der Waals surface area contributed by atoms with Gasteiger partial charge < -0.3 is 14.9 Å². The summed E-state index contributed by atoms with van der Waals surface area (Å²) in [5.41, 5.74) is 1.42. The molecule has 2 N–H and O–H groups in total. The maximum absolute atomic E-state index is 11.5. The SMILES string of the molecule is [CH2]C(NC(=O)O)(c1ccc(C#N)cc1)c1c(C)noc1-c1ccc(Br)cc1. The summed E-state index contributed by atoms with van der Waals surface area (Å²) < 4.78 is 6.43. The third-order valence-electron chi connectivity index (χ3n) is 4.22. The van der Waals surface area contributed by atoms with Crippen molar-refractivity contribution in [2.45, 2.75) is 12.5 Å². The lowest BCUT2D eigenvalue weighted by Crippen LogP contribution is -2.44. The molecule has 1 unspecified atom stereocenters. The van der Waals surface area contributed by atoms with Crippen LogP contribution in [0.4, 0.5) is 4.79 Å². The molecule has 0 fully saturated rings. The van der Waals surface area contributed by atoms with Gasteiger partial charge in [-0.2, -0.15) is 5.26 Å². The van der Waals surface area contributed by atoms with E-state index >= 15 is 0 Å². The van der Waals surface area contributed by atoms with E-state index < -0.39 is 11.6 Å². The smallest absolute Gasteiger partial charge is 0.405 e. The lowest BCUT2D eigenvalue weighted by Gasteiger charge is -2.30. The summed E-state index contributed by atoms with van der Waals surface area (Å²) in [4.78, 5) is 11.5. The Bertz CT molecular complexity index is 1020. The fourth-order valence-electron chi connectivity index (χ4n) is 2.96. The van der Waals surface area contributed by atoms with E-state index in [9.17, 15) is 9.90 Å². The molecule has 6 nitrogen and oxygen atoms in total. The van der Waals surface area contributed by atoms with Gasteiger partial charge in [0.05, 0.1) is 28.4 Å². The number of aromatic nitrogens is 1. The monoisotopic (exact) mass is 424 g/mol. The van der Waals surface area contributed by atoms with Gasteiger partial charge >= 0.3 is 6.09 Å². The summed E-state index contributed by atoms with van der Waals surface area (Å²) in [6.45, 7) is 5.89. The van der Waals surface area contributed by atoms with Gasteiger partial charge in [0, 0.05) is 10.0 Å². The molecular weight excluding hydrogens is 410 g/mol. The molecule has 0 aliphatic carbocycles. The van der Waals surface area contributed by atoms with Crippen LogP contribution in [-0.4, -0.2) is 16.4 Å². The van der Waals surface area contributed by atoms with Crippen molar-refractivity contribution in [2.24, 2.45) is 0 Å². The van der Waals surface area contributed by atoms with Crippen LogP contribution in [0.2, 0.25) is 0 Å². The van der Waals surface area contributed by atoms with Crippen molar-refractivity contribution < 1.29 is 14.4 Å². The first kappa shape index (κ1) is 18.7. The molecule has 0 saturated carbocycles. The number of nitriles is 1. The second-order valence-electron chi connectivity index (χ2n) is 6.00. The van der Waals surface area contributed by atoms with Gasteiger partial charge in [-0.05, 0) is 43.7 Å². The van der Waals surface area contributed by atoms with Crippen molar-refractivity contribution in [3.63, 3.8) is 0 Å². The van der Waals surface area contributed by atoms with Crippen LogP contribution in [0.25, 0.3) is 11.3 Å². The van der Waals surface area contributed by atoms with E-state index in [1.54, 1.807) is 31.2 Å². The molecule has 0 saturated heterocycles. The maximum atomic E-state index is 11.5. The number of hydrogen-bond donors (Lipinski definition) is 2. The van der Waals surface area contributed by atoms with Crippen molar-refractivity contribution in [1.29, 1.82) is 5.26 Å². The Morgan fingerprint density at radius 1 is 1.26 bits per heavy atom. The van der Waals surface area contributed by atoms with Gasteiger partial charge in [0.2, 0.25) is 0 Å². The van der Waals surface area contributed by atoms with Crippen molar-refractivity contribution in [1.82, 2.24) is 10.5 Å². The Morgan fingerprint density at radius 2 is 1.89 bits per heavy atom. The van der Waals surface area contributed by atoms with Gasteiger partial charge in [0.15, 0.2) is 5.76 Å². The first-order valence-electron chi connectivity index (χ1n) is 7.95. The van der Waals surface area contributed by atoms with Crippen molar-refractivity contribution in [3.8, 4) is 17.4 Å². The number of rotatable bonds is 4. The summed E-state index contributed by atoms with van der Waals surface area (Å²) >= 11 is 3.39. The molecule has 1 amide bonds. The molecule has 0 aliphatic heterocycles. The van der Waals surface area contributed by atoms with Gasteiger partial charge in [0.1, 0.15) is 0 Å². The number of hydrogen-bond acceptors (Lipinski definition) is 4. The molecule has 1 aromatic heterocycles. The molecule has 27 heavy (non-hydrogen) atoms. The number of benzene rings is 2. The summed E-state index contributed by atoms with van der Waals surface area (Å²) in [6.07, 6.45) is -1.24. The Morgan fingerprint density at radius 3 is 2.44 bits per heavy atom. The van der Waals surface area contributed by atoms with Gasteiger partial charge in [-0.15, -0.1) is 0 Å². The molecule has 0 spiro atoms. The van der Waals surface area contributed by atoms with Crippen LogP contribution in [0.1, 0.15) is 22.4 Å². The highest BCUT2D eigenvalue weighted by Gasteiger charge is 2.38. The molecular formula is C20H15BrN3O3. The highest BCUT2D eigenvalue weighted by molar-refractivity contribution is 9.10. The van der Waals surface area contributed by atoms with Crippen molar-refractivity contribution >= 4 is 22.0 Å².